The number of benzene rings is 1. The summed E-state index contributed by atoms with van der Waals surface area (Å²) in [7, 11) is 0. The fourth-order valence-corrected chi connectivity index (χ4v) is 4.72. The lowest BCUT2D eigenvalue weighted by molar-refractivity contribution is -0.151. The number of nitrogens with zero attached hydrogens (tertiary/aromatic N) is 1. The molecule has 152 valence electrons. The summed E-state index contributed by atoms with van der Waals surface area (Å²) < 4.78 is 5.69. The third-order valence-corrected chi connectivity index (χ3v) is 6.34. The Hall–Kier alpha value is -1.06. The predicted octanol–water partition coefficient (Wildman–Crippen LogP) is 5.74. The van der Waals surface area contributed by atoms with Gasteiger partial charge in [-0.3, -0.25) is 9.69 Å². The number of hydrogen-bond acceptors (Lipinski definition) is 3. The first kappa shape index (κ1) is 22.2. The second-order valence-corrected chi connectivity index (χ2v) is 9.71. The third-order valence-electron chi connectivity index (χ3n) is 6.09. The van der Waals surface area contributed by atoms with Crippen molar-refractivity contribution in [2.24, 2.45) is 11.8 Å². The third kappa shape index (κ3) is 5.48. The molecule has 4 heteroatoms. The molecule has 2 unspecified atom stereocenters. The average molecular weight is 394 g/mol. The van der Waals surface area contributed by atoms with E-state index in [0.29, 0.717) is 12.5 Å². The van der Waals surface area contributed by atoms with Crippen LogP contribution in [-0.2, 0) is 16.0 Å². The number of ether oxygens (including phenoxy) is 1. The van der Waals surface area contributed by atoms with Crippen LogP contribution in [0.2, 0.25) is 5.02 Å². The number of carbonyl (C=O) groups is 1. The van der Waals surface area contributed by atoms with E-state index in [1.165, 1.54) is 12.8 Å². The number of rotatable bonds is 8. The van der Waals surface area contributed by atoms with Gasteiger partial charge in [-0.25, -0.2) is 0 Å². The summed E-state index contributed by atoms with van der Waals surface area (Å²) >= 11 is 5.92. The van der Waals surface area contributed by atoms with Crippen molar-refractivity contribution in [2.75, 3.05) is 13.2 Å². The van der Waals surface area contributed by atoms with Crippen LogP contribution in [0, 0.1) is 11.8 Å². The van der Waals surface area contributed by atoms with Crippen molar-refractivity contribution in [3.05, 3.63) is 34.9 Å². The van der Waals surface area contributed by atoms with E-state index in [4.69, 9.17) is 16.3 Å². The van der Waals surface area contributed by atoms with Crippen LogP contribution >= 0.6 is 11.6 Å². The predicted molar refractivity (Wildman–Crippen MR) is 113 cm³/mol. The van der Waals surface area contributed by atoms with Crippen molar-refractivity contribution in [1.82, 2.24) is 4.90 Å². The van der Waals surface area contributed by atoms with Crippen molar-refractivity contribution in [2.45, 2.75) is 78.3 Å². The van der Waals surface area contributed by atoms with Crippen LogP contribution in [0.4, 0.5) is 0 Å². The summed E-state index contributed by atoms with van der Waals surface area (Å²) in [5, 5.41) is 0.725. The zero-order chi connectivity index (χ0) is 20.2. The maximum atomic E-state index is 12.9. The molecule has 1 heterocycles. The largest absolute Gasteiger partial charge is 0.465 e. The van der Waals surface area contributed by atoms with Gasteiger partial charge in [0.05, 0.1) is 12.5 Å². The fraction of sp³-hybridized carbons (Fsp3) is 0.696. The summed E-state index contributed by atoms with van der Waals surface area (Å²) in [6.45, 7) is 14.9. The Bertz CT molecular complexity index is 624. The van der Waals surface area contributed by atoms with E-state index >= 15 is 0 Å². The fourth-order valence-electron chi connectivity index (χ4n) is 4.60. The molecular formula is C23H36ClNO2. The monoisotopic (exact) mass is 393 g/mol. The normalized spacial score (nSPS) is 22.6. The average Bonchev–Trinajstić information content (AvgIpc) is 2.76. The summed E-state index contributed by atoms with van der Waals surface area (Å²) in [6.07, 6.45) is 3.99. The second-order valence-electron chi connectivity index (χ2n) is 9.27. The van der Waals surface area contributed by atoms with Gasteiger partial charge in [0.25, 0.3) is 0 Å². The quantitative estimate of drug-likeness (QED) is 0.527. The van der Waals surface area contributed by atoms with Crippen LogP contribution in [0.5, 0.6) is 0 Å². The molecule has 1 fully saturated rings. The van der Waals surface area contributed by atoms with Gasteiger partial charge >= 0.3 is 5.97 Å². The lowest BCUT2D eigenvalue weighted by Gasteiger charge is -2.42. The minimum Gasteiger partial charge on any atom is -0.465 e. The Labute approximate surface area is 170 Å². The highest BCUT2D eigenvalue weighted by molar-refractivity contribution is 6.30. The van der Waals surface area contributed by atoms with Crippen molar-refractivity contribution in [1.29, 1.82) is 0 Å². The van der Waals surface area contributed by atoms with E-state index < -0.39 is 0 Å². The minimum atomic E-state index is -0.192. The Balaban J connectivity index is 1.97. The number of esters is 1. The standard InChI is InChI=1S/C23H36ClNO2/c1-7-8-17(2)16-25-22(3,4)15-20(23(25,5)6)21(26)27-14-13-18-9-11-19(24)12-10-18/h9-12,17,20H,7-8,13-16H2,1-6H3. The molecule has 1 aliphatic heterocycles. The van der Waals surface area contributed by atoms with E-state index in [1.807, 2.05) is 24.3 Å². The molecule has 1 aromatic carbocycles. The van der Waals surface area contributed by atoms with Gasteiger partial charge in [0, 0.05) is 29.1 Å². The zero-order valence-corrected chi connectivity index (χ0v) is 18.6. The van der Waals surface area contributed by atoms with Gasteiger partial charge in [-0.2, -0.15) is 0 Å². The van der Waals surface area contributed by atoms with Gasteiger partial charge in [0.15, 0.2) is 0 Å². The van der Waals surface area contributed by atoms with Crippen LogP contribution in [0.15, 0.2) is 24.3 Å². The SMILES string of the molecule is CCCC(C)CN1C(C)(C)CC(C(=O)OCCc2ccc(Cl)cc2)C1(C)C. The molecule has 0 saturated carbocycles. The zero-order valence-electron chi connectivity index (χ0n) is 17.8. The number of likely N-dealkylation sites (tertiary alicyclic amines) is 1. The van der Waals surface area contributed by atoms with Crippen LogP contribution in [0.3, 0.4) is 0 Å². The summed E-state index contributed by atoms with van der Waals surface area (Å²) in [5.41, 5.74) is 0.946. The molecule has 0 aromatic heterocycles. The number of hydrogen-bond donors (Lipinski definition) is 0. The highest BCUT2D eigenvalue weighted by atomic mass is 35.5. The van der Waals surface area contributed by atoms with E-state index in [0.717, 1.165) is 30.0 Å². The Morgan fingerprint density at radius 2 is 1.89 bits per heavy atom. The maximum absolute atomic E-state index is 12.9. The van der Waals surface area contributed by atoms with Gasteiger partial charge in [0.1, 0.15) is 0 Å². The van der Waals surface area contributed by atoms with Crippen LogP contribution in [-0.4, -0.2) is 35.1 Å². The first-order valence-electron chi connectivity index (χ1n) is 10.3. The van der Waals surface area contributed by atoms with Gasteiger partial charge in [0.2, 0.25) is 0 Å². The lowest BCUT2D eigenvalue weighted by atomic mass is 9.87. The Kier molecular flexibility index (Phi) is 7.38. The van der Waals surface area contributed by atoms with E-state index in [-0.39, 0.29) is 23.0 Å². The second kappa shape index (κ2) is 8.96. The first-order chi connectivity index (χ1) is 12.6. The molecule has 1 aromatic rings. The van der Waals surface area contributed by atoms with Gasteiger partial charge in [-0.15, -0.1) is 0 Å². The van der Waals surface area contributed by atoms with Crippen molar-refractivity contribution < 1.29 is 9.53 Å². The molecule has 0 amide bonds. The topological polar surface area (TPSA) is 29.5 Å². The molecule has 2 atom stereocenters. The number of carbonyl (C=O) groups excluding carboxylic acids is 1. The van der Waals surface area contributed by atoms with Crippen molar-refractivity contribution in [3.8, 4) is 0 Å². The van der Waals surface area contributed by atoms with Crippen LogP contribution in [0.1, 0.15) is 66.4 Å². The van der Waals surface area contributed by atoms with Crippen molar-refractivity contribution in [3.63, 3.8) is 0 Å². The summed E-state index contributed by atoms with van der Waals surface area (Å²) in [5.74, 6) is 0.479. The molecule has 1 saturated heterocycles. The van der Waals surface area contributed by atoms with Crippen LogP contribution in [0.25, 0.3) is 0 Å². The highest BCUT2D eigenvalue weighted by Gasteiger charge is 2.54. The first-order valence-corrected chi connectivity index (χ1v) is 10.6. The van der Waals surface area contributed by atoms with E-state index in [9.17, 15) is 4.79 Å². The van der Waals surface area contributed by atoms with Gasteiger partial charge in [-0.1, -0.05) is 44.0 Å². The molecule has 0 aliphatic carbocycles. The van der Waals surface area contributed by atoms with E-state index in [2.05, 4.69) is 46.4 Å². The lowest BCUT2D eigenvalue weighted by Crippen LogP contribution is -2.52. The molecule has 2 rings (SSSR count). The molecule has 0 radical (unpaired) electrons. The molecule has 0 spiro atoms. The summed E-state index contributed by atoms with van der Waals surface area (Å²) in [4.78, 5) is 15.4. The number of halogens is 1. The van der Waals surface area contributed by atoms with Gasteiger partial charge in [-0.05, 0) is 64.2 Å². The molecular weight excluding hydrogens is 358 g/mol. The minimum absolute atomic E-state index is 0.00532. The molecule has 3 nitrogen and oxygen atoms in total. The van der Waals surface area contributed by atoms with E-state index in [1.54, 1.807) is 0 Å². The highest BCUT2D eigenvalue weighted by Crippen LogP contribution is 2.46. The molecule has 0 bridgehead atoms. The molecule has 0 N–H and O–H groups in total. The Morgan fingerprint density at radius 3 is 2.48 bits per heavy atom. The van der Waals surface area contributed by atoms with Crippen molar-refractivity contribution >= 4 is 17.6 Å². The smallest absolute Gasteiger partial charge is 0.310 e. The Morgan fingerprint density at radius 1 is 1.26 bits per heavy atom. The van der Waals surface area contributed by atoms with Gasteiger partial charge < -0.3 is 4.74 Å². The molecule has 27 heavy (non-hydrogen) atoms. The van der Waals surface area contributed by atoms with Crippen LogP contribution < -0.4 is 0 Å². The molecule has 1 aliphatic rings. The maximum Gasteiger partial charge on any atom is 0.310 e. The summed E-state index contributed by atoms with van der Waals surface area (Å²) in [6, 6.07) is 7.71.